The van der Waals surface area contributed by atoms with Crippen LogP contribution in [0.1, 0.15) is 31.7 Å². The maximum Gasteiger partial charge on any atom is 0.234 e. The van der Waals surface area contributed by atoms with Crippen LogP contribution in [0.4, 0.5) is 5.69 Å². The molecule has 1 heterocycles. The highest BCUT2D eigenvalue weighted by molar-refractivity contribution is 8.03. The number of nitriles is 1. The third-order valence-corrected chi connectivity index (χ3v) is 7.34. The molecule has 0 bridgehead atoms. The zero-order chi connectivity index (χ0) is 25.2. The average molecular weight is 508 g/mol. The minimum absolute atomic E-state index is 0.0955. The van der Waals surface area contributed by atoms with E-state index in [2.05, 4.69) is 22.8 Å². The summed E-state index contributed by atoms with van der Waals surface area (Å²) in [4.78, 5) is 25.9. The van der Waals surface area contributed by atoms with Gasteiger partial charge in [-0.2, -0.15) is 5.26 Å². The number of thioether (sulfide) groups is 1. The zero-order valence-corrected chi connectivity index (χ0v) is 21.3. The van der Waals surface area contributed by atoms with E-state index in [0.717, 1.165) is 11.3 Å². The van der Waals surface area contributed by atoms with E-state index < -0.39 is 11.8 Å². The lowest BCUT2D eigenvalue weighted by Gasteiger charge is -2.40. The number of benzene rings is 2. The Morgan fingerprint density at radius 1 is 1.20 bits per heavy atom. The van der Waals surface area contributed by atoms with Crippen molar-refractivity contribution in [1.29, 1.82) is 5.26 Å². The third kappa shape index (κ3) is 5.55. The number of fused-ring (bicyclic) bond motifs is 1. The Labute approximate surface area is 214 Å². The minimum Gasteiger partial charge on any atom is -0.497 e. The van der Waals surface area contributed by atoms with Crippen LogP contribution in [0.5, 0.6) is 5.75 Å². The Balaban J connectivity index is 1.66. The van der Waals surface area contributed by atoms with Gasteiger partial charge in [0.1, 0.15) is 11.5 Å². The fourth-order valence-corrected chi connectivity index (χ4v) is 5.54. The predicted octanol–water partition coefficient (Wildman–Crippen LogP) is 5.64. The molecule has 4 rings (SSSR count). The number of hydrogen-bond acceptors (Lipinski definition) is 6. The van der Waals surface area contributed by atoms with Gasteiger partial charge in [0.15, 0.2) is 0 Å². The first kappa shape index (κ1) is 24.9. The first-order valence-corrected chi connectivity index (χ1v) is 12.6. The van der Waals surface area contributed by atoms with Gasteiger partial charge in [-0.25, -0.2) is 0 Å². The summed E-state index contributed by atoms with van der Waals surface area (Å²) in [5.74, 6) is -0.229. The van der Waals surface area contributed by atoms with E-state index in [1.54, 1.807) is 31.4 Å². The Morgan fingerprint density at radius 3 is 2.51 bits per heavy atom. The number of ketones is 1. The molecule has 2 atom stereocenters. The van der Waals surface area contributed by atoms with Crippen LogP contribution in [0.25, 0.3) is 0 Å². The number of anilines is 1. The largest absolute Gasteiger partial charge is 0.497 e. The molecule has 180 valence electrons. The molecular formula is C27H26ClN3O3S. The van der Waals surface area contributed by atoms with Crippen molar-refractivity contribution in [3.8, 4) is 11.8 Å². The Kier molecular flexibility index (Phi) is 7.25. The van der Waals surface area contributed by atoms with Crippen LogP contribution in [-0.4, -0.2) is 24.6 Å². The first-order valence-electron chi connectivity index (χ1n) is 11.2. The first-order chi connectivity index (χ1) is 16.7. The quantitative estimate of drug-likeness (QED) is 0.525. The second-order valence-corrected chi connectivity index (χ2v) is 10.7. The summed E-state index contributed by atoms with van der Waals surface area (Å²) in [5.41, 5.74) is 2.44. The van der Waals surface area contributed by atoms with Crippen molar-refractivity contribution in [3.05, 3.63) is 81.5 Å². The standard InChI is InChI=1S/C27H26ClN3O3S/c1-27(2)12-21-25(22(32)13-27)24(16-4-10-19(34-3)11-5-16)20(14-29)26(31-21)35-15-23(33)30-18-8-6-17(28)7-9-18/h4-12,24-25,31H,13,15H2,1-3H3,(H,30,33). The molecule has 1 amide bonds. The molecule has 1 aliphatic heterocycles. The molecule has 0 aromatic heterocycles. The Morgan fingerprint density at radius 2 is 1.89 bits per heavy atom. The molecular weight excluding hydrogens is 482 g/mol. The van der Waals surface area contributed by atoms with E-state index in [-0.39, 0.29) is 22.9 Å². The van der Waals surface area contributed by atoms with Crippen molar-refractivity contribution < 1.29 is 14.3 Å². The van der Waals surface area contributed by atoms with Gasteiger partial charge in [-0.1, -0.05) is 55.4 Å². The summed E-state index contributed by atoms with van der Waals surface area (Å²) < 4.78 is 5.28. The fraction of sp³-hybridized carbons (Fsp3) is 0.296. The summed E-state index contributed by atoms with van der Waals surface area (Å²) in [6.45, 7) is 4.04. The van der Waals surface area contributed by atoms with Crippen molar-refractivity contribution in [2.75, 3.05) is 18.2 Å². The molecule has 0 spiro atoms. The van der Waals surface area contributed by atoms with Gasteiger partial charge in [0.25, 0.3) is 0 Å². The molecule has 8 heteroatoms. The number of amides is 1. The van der Waals surface area contributed by atoms with Gasteiger partial charge >= 0.3 is 0 Å². The van der Waals surface area contributed by atoms with Gasteiger partial charge in [0, 0.05) is 28.7 Å². The van der Waals surface area contributed by atoms with Crippen LogP contribution in [0, 0.1) is 22.7 Å². The number of halogens is 1. The number of carbonyl (C=O) groups excluding carboxylic acids is 2. The highest BCUT2D eigenvalue weighted by Gasteiger charge is 2.45. The van der Waals surface area contributed by atoms with Gasteiger partial charge in [0.05, 0.1) is 35.5 Å². The summed E-state index contributed by atoms with van der Waals surface area (Å²) in [6.07, 6.45) is 2.48. The third-order valence-electron chi connectivity index (χ3n) is 6.08. The van der Waals surface area contributed by atoms with Crippen LogP contribution >= 0.6 is 23.4 Å². The molecule has 6 nitrogen and oxygen atoms in total. The second kappa shape index (κ2) is 10.2. The number of nitrogens with one attached hydrogen (secondary N) is 2. The topological polar surface area (TPSA) is 91.2 Å². The predicted molar refractivity (Wildman–Crippen MR) is 139 cm³/mol. The lowest BCUT2D eigenvalue weighted by molar-refractivity contribution is -0.124. The maximum absolute atomic E-state index is 13.3. The van der Waals surface area contributed by atoms with Crippen LogP contribution in [0.3, 0.4) is 0 Å². The highest BCUT2D eigenvalue weighted by Crippen LogP contribution is 2.48. The number of methoxy groups -OCH3 is 1. The lowest BCUT2D eigenvalue weighted by atomic mass is 9.67. The van der Waals surface area contributed by atoms with E-state index >= 15 is 0 Å². The van der Waals surface area contributed by atoms with Crippen molar-refractivity contribution in [1.82, 2.24) is 5.32 Å². The maximum atomic E-state index is 13.3. The van der Waals surface area contributed by atoms with E-state index in [1.165, 1.54) is 11.8 Å². The second-order valence-electron chi connectivity index (χ2n) is 9.28. The highest BCUT2D eigenvalue weighted by atomic mass is 35.5. The van der Waals surface area contributed by atoms with Gasteiger partial charge in [-0.3, -0.25) is 9.59 Å². The number of Topliss-reactive ketones (excluding diaryl/α,β-unsaturated/α-hetero) is 1. The Bertz CT molecular complexity index is 1240. The normalized spacial score (nSPS) is 20.8. The summed E-state index contributed by atoms with van der Waals surface area (Å²) in [5, 5.41) is 17.5. The lowest BCUT2D eigenvalue weighted by Crippen LogP contribution is -2.42. The van der Waals surface area contributed by atoms with E-state index in [0.29, 0.717) is 33.5 Å². The average Bonchev–Trinajstić information content (AvgIpc) is 2.82. The van der Waals surface area contributed by atoms with E-state index in [9.17, 15) is 14.9 Å². The van der Waals surface area contributed by atoms with Gasteiger partial charge in [-0.05, 0) is 47.4 Å². The van der Waals surface area contributed by atoms with Crippen molar-refractivity contribution >= 4 is 40.7 Å². The van der Waals surface area contributed by atoms with E-state index in [1.807, 2.05) is 38.1 Å². The molecule has 0 fully saturated rings. The summed E-state index contributed by atoms with van der Waals surface area (Å²) in [6, 6.07) is 16.7. The van der Waals surface area contributed by atoms with Crippen molar-refractivity contribution in [2.45, 2.75) is 26.2 Å². The van der Waals surface area contributed by atoms with E-state index in [4.69, 9.17) is 16.3 Å². The molecule has 0 radical (unpaired) electrons. The molecule has 2 aliphatic rings. The molecule has 2 aromatic carbocycles. The molecule has 1 aliphatic carbocycles. The van der Waals surface area contributed by atoms with Crippen LogP contribution < -0.4 is 15.4 Å². The minimum atomic E-state index is -0.474. The monoisotopic (exact) mass is 507 g/mol. The zero-order valence-electron chi connectivity index (χ0n) is 19.7. The van der Waals surface area contributed by atoms with Gasteiger partial charge in [0.2, 0.25) is 5.91 Å². The number of hydrogen-bond donors (Lipinski definition) is 2. The van der Waals surface area contributed by atoms with Crippen LogP contribution in [-0.2, 0) is 9.59 Å². The molecule has 2 aromatic rings. The molecule has 0 saturated heterocycles. The SMILES string of the molecule is COc1ccc(C2C(C#N)=C(SCC(=O)Nc3ccc(Cl)cc3)NC3=CC(C)(C)CC(=O)C32)cc1. The fourth-order valence-electron chi connectivity index (χ4n) is 4.55. The number of nitrogens with zero attached hydrogens (tertiary/aromatic N) is 1. The van der Waals surface area contributed by atoms with Crippen molar-refractivity contribution in [2.24, 2.45) is 11.3 Å². The number of carbonyl (C=O) groups is 2. The summed E-state index contributed by atoms with van der Waals surface area (Å²) in [7, 11) is 1.59. The molecule has 35 heavy (non-hydrogen) atoms. The van der Waals surface area contributed by atoms with Crippen LogP contribution in [0.15, 0.2) is 70.9 Å². The molecule has 2 unspecified atom stereocenters. The smallest absolute Gasteiger partial charge is 0.234 e. The van der Waals surface area contributed by atoms with Gasteiger partial charge < -0.3 is 15.4 Å². The molecule has 0 saturated carbocycles. The summed E-state index contributed by atoms with van der Waals surface area (Å²) >= 11 is 7.17. The molecule has 2 N–H and O–H groups in total. The van der Waals surface area contributed by atoms with Crippen LogP contribution in [0.2, 0.25) is 5.02 Å². The Hall–Kier alpha value is -3.21. The number of allylic oxidation sites excluding steroid dienone is 3. The number of ether oxygens (including phenoxy) is 1. The number of rotatable bonds is 6. The van der Waals surface area contributed by atoms with Crippen molar-refractivity contribution in [3.63, 3.8) is 0 Å². The van der Waals surface area contributed by atoms with Gasteiger partial charge in [-0.15, -0.1) is 0 Å².